The number of nitrogens with two attached hydrogens (primary N) is 1. The normalized spacial score (nSPS) is 16.1. The van der Waals surface area contributed by atoms with Gasteiger partial charge in [0.2, 0.25) is 5.96 Å². The number of guanidine groups is 1. The zero-order valence-corrected chi connectivity index (χ0v) is 21.3. The Morgan fingerprint density at radius 1 is 1.21 bits per heavy atom. The van der Waals surface area contributed by atoms with E-state index >= 15 is 0 Å². The van der Waals surface area contributed by atoms with Crippen molar-refractivity contribution in [3.63, 3.8) is 0 Å². The third-order valence-corrected chi connectivity index (χ3v) is 6.17. The van der Waals surface area contributed by atoms with Crippen molar-refractivity contribution in [3.05, 3.63) is 76.0 Å². The molecule has 1 aliphatic heterocycles. The minimum Gasteiger partial charge on any atom is -0.466 e. The predicted octanol–water partition coefficient (Wildman–Crippen LogP) is 4.00. The van der Waals surface area contributed by atoms with Gasteiger partial charge in [0.25, 0.3) is 0 Å². The van der Waals surface area contributed by atoms with Crippen molar-refractivity contribution in [2.75, 3.05) is 32.6 Å². The molecule has 0 fully saturated rings. The van der Waals surface area contributed by atoms with Gasteiger partial charge in [-0.1, -0.05) is 12.1 Å². The van der Waals surface area contributed by atoms with Crippen molar-refractivity contribution in [2.24, 2.45) is 5.73 Å². The fourth-order valence-corrected chi connectivity index (χ4v) is 4.37. The quantitative estimate of drug-likeness (QED) is 0.546. The lowest BCUT2D eigenvalue weighted by Crippen LogP contribution is -2.55. The van der Waals surface area contributed by atoms with Crippen LogP contribution in [0, 0.1) is 16.7 Å². The first-order valence-corrected chi connectivity index (χ1v) is 11.4. The Labute approximate surface area is 218 Å². The highest BCUT2D eigenvalue weighted by molar-refractivity contribution is 6.10. The SMILES string of the molecule is COC(=O)C1=C(C)N(c2cccc(C(F)(F)F)c2)C(=N)N(C(N)=O)C1c1ccc(C#N)cc1CCN(C)C. The highest BCUT2D eigenvalue weighted by Crippen LogP contribution is 2.42. The van der Waals surface area contributed by atoms with Gasteiger partial charge in [0.05, 0.1) is 29.9 Å². The van der Waals surface area contributed by atoms with E-state index < -0.39 is 35.7 Å². The van der Waals surface area contributed by atoms with Gasteiger partial charge in [-0.05, 0) is 68.9 Å². The highest BCUT2D eigenvalue weighted by atomic mass is 19.4. The number of alkyl halides is 3. The summed E-state index contributed by atoms with van der Waals surface area (Å²) in [5.74, 6) is -1.40. The van der Waals surface area contributed by atoms with Crippen LogP contribution in [0.25, 0.3) is 0 Å². The van der Waals surface area contributed by atoms with Crippen LogP contribution in [-0.2, 0) is 22.1 Å². The average Bonchev–Trinajstić information content (AvgIpc) is 2.86. The molecule has 2 aromatic rings. The molecule has 0 aliphatic carbocycles. The number of likely N-dealkylation sites (N-methyl/N-ethyl adjacent to an activating group) is 1. The molecule has 1 atom stereocenters. The standard InChI is InChI=1S/C26H27F3N6O3/c1-15-21(23(36)38-4)22(20-9-8-16(14-30)12-17(20)10-11-33(2)3)35(25(32)37)24(31)34(15)19-7-5-6-18(13-19)26(27,28)29/h5-9,12-13,22,31H,10-11H2,1-4H3,(H2,32,37). The summed E-state index contributed by atoms with van der Waals surface area (Å²) in [5.41, 5.74) is 6.05. The smallest absolute Gasteiger partial charge is 0.416 e. The van der Waals surface area contributed by atoms with Gasteiger partial charge < -0.3 is 15.4 Å². The van der Waals surface area contributed by atoms with Crippen molar-refractivity contribution in [2.45, 2.75) is 25.6 Å². The molecule has 0 saturated carbocycles. The summed E-state index contributed by atoms with van der Waals surface area (Å²) in [6.45, 7) is 2.02. The van der Waals surface area contributed by atoms with E-state index in [1.807, 2.05) is 19.0 Å². The molecule has 0 bridgehead atoms. The molecular formula is C26H27F3N6O3. The molecule has 0 saturated heterocycles. The van der Waals surface area contributed by atoms with E-state index in [9.17, 15) is 28.0 Å². The molecular weight excluding hydrogens is 501 g/mol. The van der Waals surface area contributed by atoms with Gasteiger partial charge in [0.1, 0.15) is 6.04 Å². The van der Waals surface area contributed by atoms with E-state index in [4.69, 9.17) is 15.9 Å². The molecule has 1 heterocycles. The summed E-state index contributed by atoms with van der Waals surface area (Å²) in [6.07, 6.45) is -4.23. The highest BCUT2D eigenvalue weighted by Gasteiger charge is 2.44. The number of rotatable bonds is 6. The van der Waals surface area contributed by atoms with E-state index in [1.54, 1.807) is 12.1 Å². The zero-order valence-electron chi connectivity index (χ0n) is 21.3. The molecule has 0 aromatic heterocycles. The van der Waals surface area contributed by atoms with Crippen LogP contribution >= 0.6 is 0 Å². The number of anilines is 1. The molecule has 12 heteroatoms. The van der Waals surface area contributed by atoms with Crippen molar-refractivity contribution in [1.29, 1.82) is 10.7 Å². The second kappa shape index (κ2) is 10.9. The number of nitriles is 1. The molecule has 3 N–H and O–H groups in total. The van der Waals surface area contributed by atoms with Crippen LogP contribution in [0.4, 0.5) is 23.7 Å². The average molecular weight is 529 g/mol. The number of hydrogen-bond donors (Lipinski definition) is 2. The first-order valence-electron chi connectivity index (χ1n) is 11.4. The number of primary amides is 1. The number of allylic oxidation sites excluding steroid dienone is 1. The Kier molecular flexibility index (Phi) is 8.12. The number of methoxy groups -OCH3 is 1. The fourth-order valence-electron chi connectivity index (χ4n) is 4.37. The van der Waals surface area contributed by atoms with Crippen LogP contribution in [0.5, 0.6) is 0 Å². The van der Waals surface area contributed by atoms with Gasteiger partial charge >= 0.3 is 18.2 Å². The van der Waals surface area contributed by atoms with Crippen LogP contribution in [0.2, 0.25) is 0 Å². The largest absolute Gasteiger partial charge is 0.466 e. The number of halogens is 3. The molecule has 2 aromatic carbocycles. The maximum atomic E-state index is 13.4. The molecule has 0 radical (unpaired) electrons. The lowest BCUT2D eigenvalue weighted by Gasteiger charge is -2.43. The van der Waals surface area contributed by atoms with E-state index in [-0.39, 0.29) is 17.0 Å². The maximum Gasteiger partial charge on any atom is 0.416 e. The molecule has 200 valence electrons. The fraction of sp³-hybridized carbons (Fsp3) is 0.308. The molecule has 1 aliphatic rings. The van der Waals surface area contributed by atoms with Gasteiger partial charge in [-0.15, -0.1) is 0 Å². The summed E-state index contributed by atoms with van der Waals surface area (Å²) in [6, 6.07) is 8.64. The van der Waals surface area contributed by atoms with Crippen molar-refractivity contribution >= 4 is 23.6 Å². The number of urea groups is 1. The number of carbonyl (C=O) groups is 2. The minimum absolute atomic E-state index is 0.0875. The number of amides is 2. The van der Waals surface area contributed by atoms with Crippen molar-refractivity contribution in [3.8, 4) is 6.07 Å². The lowest BCUT2D eigenvalue weighted by molar-refractivity contribution is -0.138. The Balaban J connectivity index is 2.33. The second-order valence-corrected chi connectivity index (χ2v) is 8.89. The summed E-state index contributed by atoms with van der Waals surface area (Å²) < 4.78 is 45.3. The van der Waals surface area contributed by atoms with Crippen LogP contribution < -0.4 is 10.6 Å². The van der Waals surface area contributed by atoms with Gasteiger partial charge in [0, 0.05) is 17.9 Å². The number of carbonyl (C=O) groups excluding carboxylic acids is 2. The van der Waals surface area contributed by atoms with Crippen LogP contribution in [0.1, 0.15) is 35.2 Å². The number of ether oxygens (including phenoxy) is 1. The van der Waals surface area contributed by atoms with Crippen LogP contribution in [0.15, 0.2) is 53.7 Å². The van der Waals surface area contributed by atoms with E-state index in [0.717, 1.165) is 35.1 Å². The van der Waals surface area contributed by atoms with Crippen LogP contribution in [0.3, 0.4) is 0 Å². The molecule has 38 heavy (non-hydrogen) atoms. The molecule has 1 unspecified atom stereocenters. The zero-order chi connectivity index (χ0) is 28.4. The monoisotopic (exact) mass is 528 g/mol. The van der Waals surface area contributed by atoms with E-state index in [1.165, 1.54) is 19.1 Å². The summed E-state index contributed by atoms with van der Waals surface area (Å²) in [7, 11) is 4.85. The minimum atomic E-state index is -4.66. The van der Waals surface area contributed by atoms with Gasteiger partial charge in [-0.3, -0.25) is 15.2 Å². The van der Waals surface area contributed by atoms with Crippen molar-refractivity contribution < 1.29 is 27.5 Å². The Morgan fingerprint density at radius 2 is 1.89 bits per heavy atom. The number of hydrogen-bond acceptors (Lipinski definition) is 6. The Hall–Kier alpha value is -4.37. The lowest BCUT2D eigenvalue weighted by atomic mass is 9.88. The van der Waals surface area contributed by atoms with E-state index in [2.05, 4.69) is 6.07 Å². The number of benzene rings is 2. The van der Waals surface area contributed by atoms with Gasteiger partial charge in [-0.2, -0.15) is 18.4 Å². The number of nitrogens with one attached hydrogen (secondary N) is 1. The van der Waals surface area contributed by atoms with Crippen LogP contribution in [-0.4, -0.2) is 55.5 Å². The van der Waals surface area contributed by atoms with Crippen molar-refractivity contribution in [1.82, 2.24) is 9.80 Å². The molecule has 3 rings (SSSR count). The Morgan fingerprint density at radius 3 is 2.45 bits per heavy atom. The first kappa shape index (κ1) is 28.2. The molecule has 9 nitrogen and oxygen atoms in total. The summed E-state index contributed by atoms with van der Waals surface area (Å²) >= 11 is 0. The Bertz CT molecular complexity index is 1350. The van der Waals surface area contributed by atoms with E-state index in [0.29, 0.717) is 29.7 Å². The number of esters is 1. The molecule has 2 amide bonds. The van der Waals surface area contributed by atoms with Gasteiger partial charge in [0.15, 0.2) is 0 Å². The summed E-state index contributed by atoms with van der Waals surface area (Å²) in [4.78, 5) is 29.7. The number of nitrogens with zero attached hydrogens (tertiary/aromatic N) is 4. The summed E-state index contributed by atoms with van der Waals surface area (Å²) in [5, 5.41) is 18.3. The maximum absolute atomic E-state index is 13.4. The topological polar surface area (TPSA) is 127 Å². The molecule has 0 spiro atoms. The predicted molar refractivity (Wildman–Crippen MR) is 134 cm³/mol. The van der Waals surface area contributed by atoms with Gasteiger partial charge in [-0.25, -0.2) is 9.59 Å². The third kappa shape index (κ3) is 5.47. The third-order valence-electron chi connectivity index (χ3n) is 6.17. The first-order chi connectivity index (χ1) is 17.8. The second-order valence-electron chi connectivity index (χ2n) is 8.89.